The maximum absolute atomic E-state index is 3.89. The summed E-state index contributed by atoms with van der Waals surface area (Å²) in [5, 5.41) is 3.89. The molecule has 1 aromatic rings. The average Bonchev–Trinajstić information content (AvgIpc) is 2.73. The van der Waals surface area contributed by atoms with Crippen molar-refractivity contribution in [3.8, 4) is 0 Å². The molecule has 112 valence electrons. The highest BCUT2D eigenvalue weighted by atomic mass is 79.9. The molecule has 1 unspecified atom stereocenters. The van der Waals surface area contributed by atoms with Gasteiger partial charge in [-0.2, -0.15) is 0 Å². The minimum Gasteiger partial charge on any atom is -0.307 e. The predicted octanol–water partition coefficient (Wildman–Crippen LogP) is 5.85. The molecule has 1 aromatic carbocycles. The van der Waals surface area contributed by atoms with Gasteiger partial charge in [0.25, 0.3) is 0 Å². The molecule has 20 heavy (non-hydrogen) atoms. The third-order valence-electron chi connectivity index (χ3n) is 4.73. The van der Waals surface area contributed by atoms with Gasteiger partial charge in [-0.1, -0.05) is 60.7 Å². The SMILES string of the molecule is CCC(N[C@H](C)C1CCCCCC1)c1cccc(Br)c1. The summed E-state index contributed by atoms with van der Waals surface area (Å²) in [6.07, 6.45) is 9.67. The first-order valence-electron chi connectivity index (χ1n) is 8.22. The van der Waals surface area contributed by atoms with Gasteiger partial charge in [0.2, 0.25) is 0 Å². The number of rotatable bonds is 5. The predicted molar refractivity (Wildman–Crippen MR) is 91.0 cm³/mol. The van der Waals surface area contributed by atoms with Crippen molar-refractivity contribution in [1.82, 2.24) is 5.32 Å². The molecule has 1 aliphatic rings. The second kappa shape index (κ2) is 8.19. The monoisotopic (exact) mass is 337 g/mol. The summed E-state index contributed by atoms with van der Waals surface area (Å²) in [7, 11) is 0. The number of hydrogen-bond donors (Lipinski definition) is 1. The van der Waals surface area contributed by atoms with Crippen LogP contribution >= 0.6 is 15.9 Å². The normalized spacial score (nSPS) is 20.4. The minimum atomic E-state index is 0.478. The van der Waals surface area contributed by atoms with Crippen LogP contribution in [0.15, 0.2) is 28.7 Å². The fourth-order valence-electron chi connectivity index (χ4n) is 3.44. The molecular weight excluding hydrogens is 310 g/mol. The molecule has 0 aromatic heterocycles. The Bertz CT molecular complexity index is 396. The van der Waals surface area contributed by atoms with Crippen molar-refractivity contribution in [2.75, 3.05) is 0 Å². The van der Waals surface area contributed by atoms with Crippen LogP contribution in [0.1, 0.15) is 70.4 Å². The Balaban J connectivity index is 1.98. The zero-order chi connectivity index (χ0) is 14.4. The van der Waals surface area contributed by atoms with Crippen LogP contribution in [-0.2, 0) is 0 Å². The van der Waals surface area contributed by atoms with Crippen molar-refractivity contribution in [2.45, 2.75) is 70.9 Å². The summed E-state index contributed by atoms with van der Waals surface area (Å²) < 4.78 is 1.18. The smallest absolute Gasteiger partial charge is 0.0320 e. The van der Waals surface area contributed by atoms with Crippen LogP contribution in [0, 0.1) is 5.92 Å². The van der Waals surface area contributed by atoms with Crippen molar-refractivity contribution >= 4 is 15.9 Å². The van der Waals surface area contributed by atoms with Crippen molar-refractivity contribution in [3.05, 3.63) is 34.3 Å². The van der Waals surface area contributed by atoms with Crippen molar-refractivity contribution < 1.29 is 0 Å². The molecule has 0 radical (unpaired) electrons. The van der Waals surface area contributed by atoms with E-state index in [2.05, 4.69) is 59.4 Å². The minimum absolute atomic E-state index is 0.478. The van der Waals surface area contributed by atoms with E-state index in [1.165, 1.54) is 48.6 Å². The molecule has 2 heteroatoms. The molecule has 0 heterocycles. The molecule has 0 aliphatic heterocycles. The Labute approximate surface area is 132 Å². The van der Waals surface area contributed by atoms with Crippen LogP contribution in [0.5, 0.6) is 0 Å². The summed E-state index contributed by atoms with van der Waals surface area (Å²) >= 11 is 3.59. The van der Waals surface area contributed by atoms with Gasteiger partial charge < -0.3 is 5.32 Å². The van der Waals surface area contributed by atoms with E-state index in [1.807, 2.05) is 0 Å². The number of halogens is 1. The van der Waals surface area contributed by atoms with Gasteiger partial charge in [0.15, 0.2) is 0 Å². The summed E-state index contributed by atoms with van der Waals surface area (Å²) in [6, 6.07) is 9.83. The quantitative estimate of drug-likeness (QED) is 0.664. The highest BCUT2D eigenvalue weighted by Crippen LogP contribution is 2.28. The molecule has 1 nitrogen and oxygen atoms in total. The first kappa shape index (κ1) is 16.0. The third kappa shape index (κ3) is 4.60. The molecule has 1 saturated carbocycles. The lowest BCUT2D eigenvalue weighted by Crippen LogP contribution is -2.36. The zero-order valence-electron chi connectivity index (χ0n) is 12.9. The van der Waals surface area contributed by atoms with E-state index in [0.717, 1.165) is 12.3 Å². The highest BCUT2D eigenvalue weighted by molar-refractivity contribution is 9.10. The van der Waals surface area contributed by atoms with Crippen LogP contribution in [0.3, 0.4) is 0 Å². The standard InChI is InChI=1S/C18H28BrN/c1-3-18(16-11-8-12-17(19)13-16)20-14(2)15-9-6-4-5-7-10-15/h8,11-15,18,20H,3-7,9-10H2,1-2H3/t14-,18?/m1/s1. The lowest BCUT2D eigenvalue weighted by Gasteiger charge is -2.29. The van der Waals surface area contributed by atoms with Crippen LogP contribution in [-0.4, -0.2) is 6.04 Å². The van der Waals surface area contributed by atoms with Gasteiger partial charge >= 0.3 is 0 Å². The Morgan fingerprint density at radius 3 is 2.50 bits per heavy atom. The number of hydrogen-bond acceptors (Lipinski definition) is 1. The van der Waals surface area contributed by atoms with E-state index >= 15 is 0 Å². The van der Waals surface area contributed by atoms with Crippen molar-refractivity contribution in [2.24, 2.45) is 5.92 Å². The Morgan fingerprint density at radius 1 is 1.20 bits per heavy atom. The first-order chi connectivity index (χ1) is 9.70. The van der Waals surface area contributed by atoms with Gasteiger partial charge in [0, 0.05) is 16.6 Å². The van der Waals surface area contributed by atoms with Gasteiger partial charge in [0.1, 0.15) is 0 Å². The topological polar surface area (TPSA) is 12.0 Å². The molecule has 1 aliphatic carbocycles. The van der Waals surface area contributed by atoms with Gasteiger partial charge in [0.05, 0.1) is 0 Å². The summed E-state index contributed by atoms with van der Waals surface area (Å²) in [6.45, 7) is 4.66. The molecule has 2 atom stereocenters. The van der Waals surface area contributed by atoms with Crippen LogP contribution < -0.4 is 5.32 Å². The summed E-state index contributed by atoms with van der Waals surface area (Å²) in [5.74, 6) is 0.860. The third-order valence-corrected chi connectivity index (χ3v) is 5.22. The van der Waals surface area contributed by atoms with Crippen molar-refractivity contribution in [1.29, 1.82) is 0 Å². The lowest BCUT2D eigenvalue weighted by atomic mass is 9.91. The Morgan fingerprint density at radius 2 is 1.90 bits per heavy atom. The number of benzene rings is 1. The van der Waals surface area contributed by atoms with Crippen LogP contribution in [0.25, 0.3) is 0 Å². The van der Waals surface area contributed by atoms with Gasteiger partial charge in [-0.05, 0) is 49.8 Å². The highest BCUT2D eigenvalue weighted by Gasteiger charge is 2.21. The fraction of sp³-hybridized carbons (Fsp3) is 0.667. The second-order valence-electron chi connectivity index (χ2n) is 6.22. The molecule has 1 N–H and O–H groups in total. The van der Waals surface area contributed by atoms with E-state index in [0.29, 0.717) is 12.1 Å². The Kier molecular flexibility index (Phi) is 6.57. The Hall–Kier alpha value is -0.340. The maximum Gasteiger partial charge on any atom is 0.0320 e. The molecule has 0 spiro atoms. The summed E-state index contributed by atoms with van der Waals surface area (Å²) in [4.78, 5) is 0. The van der Waals surface area contributed by atoms with Gasteiger partial charge in [-0.15, -0.1) is 0 Å². The second-order valence-corrected chi connectivity index (χ2v) is 7.14. The van der Waals surface area contributed by atoms with E-state index in [1.54, 1.807) is 0 Å². The zero-order valence-corrected chi connectivity index (χ0v) is 14.5. The van der Waals surface area contributed by atoms with E-state index in [-0.39, 0.29) is 0 Å². The lowest BCUT2D eigenvalue weighted by molar-refractivity contribution is 0.306. The number of nitrogens with one attached hydrogen (secondary N) is 1. The van der Waals surface area contributed by atoms with E-state index < -0.39 is 0 Å². The largest absolute Gasteiger partial charge is 0.307 e. The fourth-order valence-corrected chi connectivity index (χ4v) is 3.85. The molecule has 1 fully saturated rings. The van der Waals surface area contributed by atoms with Crippen molar-refractivity contribution in [3.63, 3.8) is 0 Å². The molecule has 0 amide bonds. The van der Waals surface area contributed by atoms with Crippen LogP contribution in [0.4, 0.5) is 0 Å². The summed E-state index contributed by atoms with van der Waals surface area (Å²) in [5.41, 5.74) is 1.40. The van der Waals surface area contributed by atoms with E-state index in [9.17, 15) is 0 Å². The van der Waals surface area contributed by atoms with E-state index in [4.69, 9.17) is 0 Å². The van der Waals surface area contributed by atoms with Crippen LogP contribution in [0.2, 0.25) is 0 Å². The molecule has 0 bridgehead atoms. The molecule has 2 rings (SSSR count). The first-order valence-corrected chi connectivity index (χ1v) is 9.01. The maximum atomic E-state index is 3.89. The average molecular weight is 338 g/mol. The molecular formula is C18H28BrN. The van der Waals surface area contributed by atoms with Gasteiger partial charge in [-0.3, -0.25) is 0 Å². The molecule has 0 saturated heterocycles. The van der Waals surface area contributed by atoms with Gasteiger partial charge in [-0.25, -0.2) is 0 Å².